The Hall–Kier alpha value is -3.31. The van der Waals surface area contributed by atoms with Crippen molar-refractivity contribution in [2.75, 3.05) is 30.4 Å². The molecule has 2 aliphatic rings. The second-order valence-corrected chi connectivity index (χ2v) is 8.76. The lowest BCUT2D eigenvalue weighted by Crippen LogP contribution is -2.34. The second kappa shape index (κ2) is 8.44. The maximum atomic E-state index is 12.6. The highest BCUT2D eigenvalue weighted by atomic mass is 32.2. The van der Waals surface area contributed by atoms with Gasteiger partial charge in [-0.05, 0) is 37.3 Å². The van der Waals surface area contributed by atoms with Crippen LogP contribution in [0.1, 0.15) is 13.3 Å². The fourth-order valence-electron chi connectivity index (χ4n) is 3.05. The minimum absolute atomic E-state index is 0.0349. The molecule has 2 amide bonds. The van der Waals surface area contributed by atoms with Crippen LogP contribution in [-0.4, -0.2) is 46.1 Å². The number of carbonyl (C=O) groups excluding carboxylic acids is 2. The molecule has 0 saturated heterocycles. The first-order chi connectivity index (χ1) is 14.8. The predicted molar refractivity (Wildman–Crippen MR) is 111 cm³/mol. The topological polar surface area (TPSA) is 132 Å². The van der Waals surface area contributed by atoms with E-state index in [4.69, 9.17) is 14.2 Å². The Morgan fingerprint density at radius 1 is 1.10 bits per heavy atom. The van der Waals surface area contributed by atoms with Crippen molar-refractivity contribution in [3.05, 3.63) is 36.4 Å². The highest BCUT2D eigenvalue weighted by Gasteiger charge is 2.24. The van der Waals surface area contributed by atoms with Crippen LogP contribution in [-0.2, 0) is 19.6 Å². The van der Waals surface area contributed by atoms with Gasteiger partial charge >= 0.3 is 0 Å². The SMILES string of the molecule is C[C@H]1Oc2ccc(NC(=O)CNS(=O)(=O)c3ccc4c(c3)OCCCO4)cc2NC1=O. The van der Waals surface area contributed by atoms with E-state index < -0.39 is 28.6 Å². The summed E-state index contributed by atoms with van der Waals surface area (Å²) < 4.78 is 43.9. The number of benzene rings is 2. The van der Waals surface area contributed by atoms with Crippen LogP contribution in [0.2, 0.25) is 0 Å². The Labute approximate surface area is 178 Å². The van der Waals surface area contributed by atoms with E-state index in [1.807, 2.05) is 0 Å². The van der Waals surface area contributed by atoms with Gasteiger partial charge in [0.05, 0.1) is 30.3 Å². The molecule has 164 valence electrons. The summed E-state index contributed by atoms with van der Waals surface area (Å²) in [6, 6.07) is 9.03. The standard InChI is InChI=1S/C20H21N3O7S/c1-12-20(25)23-15-9-13(3-5-16(15)30-12)22-19(24)11-21-31(26,27)14-4-6-17-18(10-14)29-8-2-7-28-17/h3-6,9-10,12,21H,2,7-8,11H2,1H3,(H,22,24)(H,23,25)/t12-/m1/s1. The first kappa shape index (κ1) is 20.9. The van der Waals surface area contributed by atoms with Gasteiger partial charge in [0.2, 0.25) is 15.9 Å². The highest BCUT2D eigenvalue weighted by Crippen LogP contribution is 2.33. The number of carbonyl (C=O) groups is 2. The van der Waals surface area contributed by atoms with Gasteiger partial charge in [0, 0.05) is 18.2 Å². The molecule has 1 atom stereocenters. The summed E-state index contributed by atoms with van der Waals surface area (Å²) >= 11 is 0. The minimum atomic E-state index is -3.94. The Balaban J connectivity index is 1.39. The first-order valence-electron chi connectivity index (χ1n) is 9.62. The van der Waals surface area contributed by atoms with Crippen LogP contribution in [0.15, 0.2) is 41.3 Å². The second-order valence-electron chi connectivity index (χ2n) is 6.99. The summed E-state index contributed by atoms with van der Waals surface area (Å²) in [5, 5.41) is 5.26. The molecule has 2 aliphatic heterocycles. The molecule has 0 unspecified atom stereocenters. The average molecular weight is 447 g/mol. The lowest BCUT2D eigenvalue weighted by atomic mass is 10.2. The Morgan fingerprint density at radius 2 is 1.84 bits per heavy atom. The summed E-state index contributed by atoms with van der Waals surface area (Å²) in [4.78, 5) is 23.9. The van der Waals surface area contributed by atoms with E-state index >= 15 is 0 Å². The van der Waals surface area contributed by atoms with Crippen LogP contribution < -0.4 is 29.6 Å². The summed E-state index contributed by atoms with van der Waals surface area (Å²) in [6.45, 7) is 2.07. The fourth-order valence-corrected chi connectivity index (χ4v) is 4.04. The zero-order valence-corrected chi connectivity index (χ0v) is 17.5. The van der Waals surface area contributed by atoms with Gasteiger partial charge in [0.1, 0.15) is 5.75 Å². The quantitative estimate of drug-likeness (QED) is 0.633. The van der Waals surface area contributed by atoms with Crippen molar-refractivity contribution in [2.45, 2.75) is 24.3 Å². The number of sulfonamides is 1. The van der Waals surface area contributed by atoms with Gasteiger partial charge in [0.15, 0.2) is 17.6 Å². The Bertz CT molecular complexity index is 1130. The van der Waals surface area contributed by atoms with E-state index in [0.29, 0.717) is 48.3 Å². The molecule has 4 rings (SSSR count). The lowest BCUT2D eigenvalue weighted by molar-refractivity contribution is -0.122. The molecule has 2 aromatic carbocycles. The van der Waals surface area contributed by atoms with Crippen molar-refractivity contribution in [1.29, 1.82) is 0 Å². The van der Waals surface area contributed by atoms with Crippen molar-refractivity contribution in [3.8, 4) is 17.2 Å². The van der Waals surface area contributed by atoms with Crippen LogP contribution >= 0.6 is 0 Å². The molecular formula is C20H21N3O7S. The third-order valence-corrected chi connectivity index (χ3v) is 6.05. The summed E-state index contributed by atoms with van der Waals surface area (Å²) in [5.74, 6) is 0.443. The number of anilines is 2. The number of rotatable bonds is 5. The fraction of sp³-hybridized carbons (Fsp3) is 0.300. The number of ether oxygens (including phenoxy) is 3. The molecule has 11 heteroatoms. The van der Waals surface area contributed by atoms with Crippen molar-refractivity contribution < 1.29 is 32.2 Å². The first-order valence-corrected chi connectivity index (χ1v) is 11.1. The summed E-state index contributed by atoms with van der Waals surface area (Å²) in [5.41, 5.74) is 0.811. The molecule has 2 aromatic rings. The Morgan fingerprint density at radius 3 is 2.65 bits per heavy atom. The number of nitrogens with one attached hydrogen (secondary N) is 3. The molecule has 0 aliphatic carbocycles. The number of hydrogen-bond acceptors (Lipinski definition) is 7. The van der Waals surface area contributed by atoms with Crippen LogP contribution in [0, 0.1) is 0 Å². The van der Waals surface area contributed by atoms with Crippen LogP contribution in [0.5, 0.6) is 17.2 Å². The van der Waals surface area contributed by atoms with Gasteiger partial charge in [-0.2, -0.15) is 0 Å². The molecule has 10 nitrogen and oxygen atoms in total. The van der Waals surface area contributed by atoms with Crippen molar-refractivity contribution >= 4 is 33.2 Å². The van der Waals surface area contributed by atoms with E-state index in [9.17, 15) is 18.0 Å². The van der Waals surface area contributed by atoms with Gasteiger partial charge < -0.3 is 24.8 Å². The molecule has 3 N–H and O–H groups in total. The lowest BCUT2D eigenvalue weighted by Gasteiger charge is -2.23. The number of fused-ring (bicyclic) bond motifs is 2. The monoisotopic (exact) mass is 447 g/mol. The van der Waals surface area contributed by atoms with Crippen LogP contribution in [0.25, 0.3) is 0 Å². The normalized spacial score (nSPS) is 17.6. The molecule has 0 spiro atoms. The zero-order valence-electron chi connectivity index (χ0n) is 16.6. The smallest absolute Gasteiger partial charge is 0.265 e. The van der Waals surface area contributed by atoms with Crippen molar-refractivity contribution in [1.82, 2.24) is 4.72 Å². The van der Waals surface area contributed by atoms with Crippen LogP contribution in [0.3, 0.4) is 0 Å². The van der Waals surface area contributed by atoms with E-state index in [0.717, 1.165) is 0 Å². The number of amides is 2. The average Bonchev–Trinajstić information content (AvgIpc) is 2.98. The van der Waals surface area contributed by atoms with E-state index in [1.165, 1.54) is 24.3 Å². The molecule has 2 heterocycles. The third kappa shape index (κ3) is 4.72. The van der Waals surface area contributed by atoms with E-state index in [2.05, 4.69) is 15.4 Å². The maximum absolute atomic E-state index is 12.6. The summed E-state index contributed by atoms with van der Waals surface area (Å²) in [6.07, 6.45) is 0.0967. The van der Waals surface area contributed by atoms with Gasteiger partial charge in [-0.3, -0.25) is 9.59 Å². The van der Waals surface area contributed by atoms with Crippen LogP contribution in [0.4, 0.5) is 11.4 Å². The molecular weight excluding hydrogens is 426 g/mol. The third-order valence-electron chi connectivity index (χ3n) is 4.65. The predicted octanol–water partition coefficient (Wildman–Crippen LogP) is 1.48. The van der Waals surface area contributed by atoms with E-state index in [-0.39, 0.29) is 10.8 Å². The molecule has 0 radical (unpaired) electrons. The highest BCUT2D eigenvalue weighted by molar-refractivity contribution is 7.89. The molecule has 0 aromatic heterocycles. The van der Waals surface area contributed by atoms with Crippen molar-refractivity contribution in [3.63, 3.8) is 0 Å². The van der Waals surface area contributed by atoms with E-state index in [1.54, 1.807) is 19.1 Å². The summed E-state index contributed by atoms with van der Waals surface area (Å²) in [7, 11) is -3.94. The number of hydrogen-bond donors (Lipinski definition) is 3. The molecule has 0 saturated carbocycles. The molecule has 31 heavy (non-hydrogen) atoms. The van der Waals surface area contributed by atoms with Gasteiger partial charge in [0.25, 0.3) is 5.91 Å². The van der Waals surface area contributed by atoms with Gasteiger partial charge in [-0.25, -0.2) is 13.1 Å². The molecule has 0 bridgehead atoms. The molecule has 0 fully saturated rings. The van der Waals surface area contributed by atoms with Gasteiger partial charge in [-0.15, -0.1) is 0 Å². The van der Waals surface area contributed by atoms with Gasteiger partial charge in [-0.1, -0.05) is 0 Å². The minimum Gasteiger partial charge on any atom is -0.490 e. The Kier molecular flexibility index (Phi) is 5.70. The largest absolute Gasteiger partial charge is 0.490 e. The zero-order chi connectivity index (χ0) is 22.0. The maximum Gasteiger partial charge on any atom is 0.265 e. The van der Waals surface area contributed by atoms with Crippen molar-refractivity contribution in [2.24, 2.45) is 0 Å².